The second-order valence-electron chi connectivity index (χ2n) is 2.64. The Morgan fingerprint density at radius 1 is 1.77 bits per heavy atom. The fourth-order valence-corrected chi connectivity index (χ4v) is 1.06. The molecular weight excluding hydrogens is 172 g/mol. The van der Waals surface area contributed by atoms with Gasteiger partial charge in [-0.3, -0.25) is 0 Å². The van der Waals surface area contributed by atoms with Gasteiger partial charge in [-0.15, -0.1) is 5.10 Å². The number of hydrogen-bond donors (Lipinski definition) is 2. The van der Waals surface area contributed by atoms with E-state index < -0.39 is 6.10 Å². The first-order chi connectivity index (χ1) is 6.29. The highest BCUT2D eigenvalue weighted by Crippen LogP contribution is 2.10. The molecular formula is C7H14N4O2. The van der Waals surface area contributed by atoms with Gasteiger partial charge in [0.1, 0.15) is 6.10 Å². The van der Waals surface area contributed by atoms with Crippen molar-refractivity contribution in [2.75, 3.05) is 20.3 Å². The first kappa shape index (κ1) is 10.1. The van der Waals surface area contributed by atoms with Gasteiger partial charge in [-0.2, -0.15) is 0 Å². The second-order valence-corrected chi connectivity index (χ2v) is 2.64. The average Bonchev–Trinajstić information content (AvgIpc) is 2.54. The van der Waals surface area contributed by atoms with E-state index in [1.165, 1.54) is 13.3 Å². The van der Waals surface area contributed by atoms with Crippen molar-refractivity contribution in [3.05, 3.63) is 11.9 Å². The van der Waals surface area contributed by atoms with Gasteiger partial charge in [0.15, 0.2) is 0 Å². The third kappa shape index (κ3) is 2.48. The molecule has 0 saturated carbocycles. The van der Waals surface area contributed by atoms with Gasteiger partial charge in [0.05, 0.1) is 25.0 Å². The summed E-state index contributed by atoms with van der Waals surface area (Å²) in [6.45, 7) is 1.25. The van der Waals surface area contributed by atoms with Crippen molar-refractivity contribution >= 4 is 0 Å². The van der Waals surface area contributed by atoms with E-state index in [4.69, 9.17) is 10.5 Å². The lowest BCUT2D eigenvalue weighted by Crippen LogP contribution is -2.17. The predicted molar refractivity (Wildman–Crippen MR) is 45.9 cm³/mol. The monoisotopic (exact) mass is 186 g/mol. The Bertz CT molecular complexity index is 250. The normalized spacial score (nSPS) is 13.2. The number of ether oxygens (including phenoxy) is 1. The van der Waals surface area contributed by atoms with Crippen molar-refractivity contribution in [2.24, 2.45) is 5.73 Å². The van der Waals surface area contributed by atoms with Crippen LogP contribution in [-0.2, 0) is 11.3 Å². The SMILES string of the molecule is COC[C@@H](O)c1cnnn1CCN. The van der Waals surface area contributed by atoms with Crippen molar-refractivity contribution in [3.8, 4) is 0 Å². The van der Waals surface area contributed by atoms with E-state index in [1.54, 1.807) is 4.68 Å². The first-order valence-corrected chi connectivity index (χ1v) is 4.05. The van der Waals surface area contributed by atoms with Gasteiger partial charge in [-0.25, -0.2) is 4.68 Å². The van der Waals surface area contributed by atoms with E-state index >= 15 is 0 Å². The van der Waals surface area contributed by atoms with Crippen LogP contribution in [0.15, 0.2) is 6.20 Å². The van der Waals surface area contributed by atoms with Crippen LogP contribution in [0.5, 0.6) is 0 Å². The van der Waals surface area contributed by atoms with Crippen LogP contribution in [0.1, 0.15) is 11.8 Å². The van der Waals surface area contributed by atoms with Crippen LogP contribution < -0.4 is 5.73 Å². The molecule has 1 rings (SSSR count). The standard InChI is InChI=1S/C7H14N4O2/c1-13-5-7(12)6-4-9-10-11(6)3-2-8/h4,7,12H,2-3,5,8H2,1H3/t7-/m1/s1. The minimum atomic E-state index is -0.688. The van der Waals surface area contributed by atoms with Crippen LogP contribution in [0.4, 0.5) is 0 Å². The summed E-state index contributed by atoms with van der Waals surface area (Å²) < 4.78 is 6.38. The molecule has 0 saturated heterocycles. The highest BCUT2D eigenvalue weighted by atomic mass is 16.5. The minimum Gasteiger partial charge on any atom is -0.384 e. The van der Waals surface area contributed by atoms with Crippen molar-refractivity contribution in [3.63, 3.8) is 0 Å². The van der Waals surface area contributed by atoms with E-state index in [-0.39, 0.29) is 6.61 Å². The van der Waals surface area contributed by atoms with Crippen LogP contribution in [-0.4, -0.2) is 40.4 Å². The molecule has 0 aliphatic carbocycles. The van der Waals surface area contributed by atoms with Gasteiger partial charge in [0.25, 0.3) is 0 Å². The van der Waals surface area contributed by atoms with Gasteiger partial charge in [0.2, 0.25) is 0 Å². The molecule has 0 bridgehead atoms. The van der Waals surface area contributed by atoms with Crippen LogP contribution in [0.25, 0.3) is 0 Å². The second kappa shape index (κ2) is 4.90. The Labute approximate surface area is 76.3 Å². The van der Waals surface area contributed by atoms with E-state index in [0.29, 0.717) is 18.8 Å². The molecule has 0 aliphatic rings. The Morgan fingerprint density at radius 2 is 2.54 bits per heavy atom. The summed E-state index contributed by atoms with van der Waals surface area (Å²) in [6.07, 6.45) is 0.825. The van der Waals surface area contributed by atoms with Crippen molar-refractivity contribution in [1.82, 2.24) is 15.0 Å². The van der Waals surface area contributed by atoms with E-state index in [1.807, 2.05) is 0 Å². The first-order valence-electron chi connectivity index (χ1n) is 4.05. The molecule has 0 unspecified atom stereocenters. The highest BCUT2D eigenvalue weighted by Gasteiger charge is 2.12. The Balaban J connectivity index is 2.68. The summed E-state index contributed by atoms with van der Waals surface area (Å²) in [4.78, 5) is 0. The lowest BCUT2D eigenvalue weighted by atomic mass is 10.3. The Kier molecular flexibility index (Phi) is 3.81. The molecule has 0 radical (unpaired) electrons. The molecule has 74 valence electrons. The number of methoxy groups -OCH3 is 1. The number of hydrogen-bond acceptors (Lipinski definition) is 5. The molecule has 0 spiro atoms. The van der Waals surface area contributed by atoms with Gasteiger partial charge >= 0.3 is 0 Å². The van der Waals surface area contributed by atoms with E-state index in [9.17, 15) is 5.11 Å². The van der Waals surface area contributed by atoms with Crippen LogP contribution in [0, 0.1) is 0 Å². The molecule has 6 nitrogen and oxygen atoms in total. The summed E-state index contributed by atoms with van der Waals surface area (Å²) in [5, 5.41) is 17.0. The molecule has 1 atom stereocenters. The quantitative estimate of drug-likeness (QED) is 0.610. The zero-order valence-corrected chi connectivity index (χ0v) is 7.55. The topological polar surface area (TPSA) is 86.2 Å². The molecule has 0 fully saturated rings. The predicted octanol–water partition coefficient (Wildman–Crippen LogP) is -1.08. The zero-order valence-electron chi connectivity index (χ0n) is 7.55. The van der Waals surface area contributed by atoms with Crippen LogP contribution in [0.2, 0.25) is 0 Å². The average molecular weight is 186 g/mol. The van der Waals surface area contributed by atoms with Gasteiger partial charge in [-0.05, 0) is 0 Å². The van der Waals surface area contributed by atoms with Gasteiger partial charge in [-0.1, -0.05) is 5.21 Å². The lowest BCUT2D eigenvalue weighted by Gasteiger charge is -2.10. The summed E-state index contributed by atoms with van der Waals surface area (Å²) in [5.41, 5.74) is 5.99. The maximum atomic E-state index is 9.55. The maximum Gasteiger partial charge on any atom is 0.120 e. The van der Waals surface area contributed by atoms with Crippen LogP contribution >= 0.6 is 0 Å². The number of aromatic nitrogens is 3. The summed E-state index contributed by atoms with van der Waals surface area (Å²) >= 11 is 0. The number of aliphatic hydroxyl groups excluding tert-OH is 1. The van der Waals surface area contributed by atoms with Crippen molar-refractivity contribution < 1.29 is 9.84 Å². The largest absolute Gasteiger partial charge is 0.384 e. The summed E-state index contributed by atoms with van der Waals surface area (Å²) in [5.74, 6) is 0. The molecule has 0 aromatic carbocycles. The third-order valence-electron chi connectivity index (χ3n) is 1.65. The third-order valence-corrected chi connectivity index (χ3v) is 1.65. The zero-order chi connectivity index (χ0) is 9.68. The van der Waals surface area contributed by atoms with Crippen molar-refractivity contribution in [1.29, 1.82) is 0 Å². The van der Waals surface area contributed by atoms with E-state index in [0.717, 1.165) is 0 Å². The lowest BCUT2D eigenvalue weighted by molar-refractivity contribution is 0.0586. The fraction of sp³-hybridized carbons (Fsp3) is 0.714. The molecule has 0 aliphatic heterocycles. The van der Waals surface area contributed by atoms with E-state index in [2.05, 4.69) is 10.3 Å². The number of nitrogens with two attached hydrogens (primary N) is 1. The summed E-state index contributed by atoms with van der Waals surface area (Å²) in [7, 11) is 1.53. The molecule has 3 N–H and O–H groups in total. The van der Waals surface area contributed by atoms with Gasteiger partial charge < -0.3 is 15.6 Å². The van der Waals surface area contributed by atoms with Gasteiger partial charge in [0, 0.05) is 13.7 Å². The summed E-state index contributed by atoms with van der Waals surface area (Å²) in [6, 6.07) is 0. The number of aliphatic hydroxyl groups is 1. The Hall–Kier alpha value is -0.980. The Morgan fingerprint density at radius 3 is 3.15 bits per heavy atom. The number of rotatable bonds is 5. The molecule has 0 amide bonds. The van der Waals surface area contributed by atoms with Crippen LogP contribution in [0.3, 0.4) is 0 Å². The fourth-order valence-electron chi connectivity index (χ4n) is 1.06. The molecule has 13 heavy (non-hydrogen) atoms. The minimum absolute atomic E-state index is 0.234. The van der Waals surface area contributed by atoms with Crippen molar-refractivity contribution in [2.45, 2.75) is 12.6 Å². The molecule has 1 aromatic heterocycles. The number of nitrogens with zero attached hydrogens (tertiary/aromatic N) is 3. The molecule has 6 heteroatoms. The molecule has 1 heterocycles. The smallest absolute Gasteiger partial charge is 0.120 e. The maximum absolute atomic E-state index is 9.55. The highest BCUT2D eigenvalue weighted by molar-refractivity contribution is 4.98. The molecule has 1 aromatic rings.